The first-order chi connectivity index (χ1) is 23.7. The van der Waals surface area contributed by atoms with Gasteiger partial charge in [0.05, 0.1) is 4.90 Å². The van der Waals surface area contributed by atoms with E-state index < -0.39 is 80.3 Å². The lowest BCUT2D eigenvalue weighted by atomic mass is 9.90. The van der Waals surface area contributed by atoms with Gasteiger partial charge in [0, 0.05) is 35.5 Å². The van der Waals surface area contributed by atoms with E-state index in [1.807, 2.05) is 0 Å². The highest BCUT2D eigenvalue weighted by Gasteiger charge is 2.54. The summed E-state index contributed by atoms with van der Waals surface area (Å²) in [6.07, 6.45) is 1.15. The Hall–Kier alpha value is -5.29. The number of nitrogens with zero attached hydrogens (tertiary/aromatic N) is 1. The molecule has 0 saturated carbocycles. The molecule has 1 aromatic carbocycles. The van der Waals surface area contributed by atoms with Gasteiger partial charge >= 0.3 is 17.9 Å². The van der Waals surface area contributed by atoms with Crippen LogP contribution in [0.15, 0.2) is 70.5 Å². The fraction of sp³-hybridized carbons (Fsp3) is 0.429. The SMILES string of the molecule is CC(C)(C)OC(=O)[C@H](CNC(=O)c1cc(=O)n2cc(C(NC(=N)N)(C(=O)OC(C)(C)C)C(=O)OC(C)(C)C)ccc2c1)NS(=O)(=O)c1ccccc1. The maximum Gasteiger partial charge on any atom is 0.349 e. The number of hydrogen-bond acceptors (Lipinski definition) is 11. The molecule has 0 unspecified atom stereocenters. The Kier molecular flexibility index (Phi) is 12.0. The molecule has 1 amide bonds. The van der Waals surface area contributed by atoms with E-state index >= 15 is 0 Å². The summed E-state index contributed by atoms with van der Waals surface area (Å²) in [7, 11) is -4.21. The van der Waals surface area contributed by atoms with Crippen LogP contribution in [0.4, 0.5) is 0 Å². The van der Waals surface area contributed by atoms with Gasteiger partial charge < -0.3 is 30.6 Å². The maximum absolute atomic E-state index is 13.8. The number of sulfonamides is 1. The number of amides is 1. The third-order valence-corrected chi connectivity index (χ3v) is 8.22. The zero-order chi connectivity index (χ0) is 39.4. The summed E-state index contributed by atoms with van der Waals surface area (Å²) < 4.78 is 45.9. The predicted octanol–water partition coefficient (Wildman–Crippen LogP) is 2.08. The zero-order valence-electron chi connectivity index (χ0n) is 30.6. The van der Waals surface area contributed by atoms with Gasteiger partial charge in [0.15, 0.2) is 5.96 Å². The Morgan fingerprint density at radius 3 is 1.87 bits per heavy atom. The number of carbonyl (C=O) groups is 4. The first kappa shape index (κ1) is 41.1. The molecular weight excluding hydrogens is 696 g/mol. The second-order valence-electron chi connectivity index (χ2n) is 14.8. The van der Waals surface area contributed by atoms with Crippen molar-refractivity contribution in [1.29, 1.82) is 5.41 Å². The van der Waals surface area contributed by atoms with Gasteiger partial charge in [-0.3, -0.25) is 24.2 Å². The molecule has 0 aliphatic carbocycles. The molecular formula is C35H46N6O10S. The van der Waals surface area contributed by atoms with Crippen molar-refractivity contribution in [2.24, 2.45) is 5.73 Å². The number of hydrogen-bond donors (Lipinski definition) is 5. The average molecular weight is 743 g/mol. The summed E-state index contributed by atoms with van der Waals surface area (Å²) in [6.45, 7) is 13.7. The van der Waals surface area contributed by atoms with E-state index in [9.17, 15) is 32.4 Å². The highest BCUT2D eigenvalue weighted by molar-refractivity contribution is 7.89. The summed E-state index contributed by atoms with van der Waals surface area (Å²) in [5.41, 5.74) is -0.995. The first-order valence-corrected chi connectivity index (χ1v) is 17.6. The number of benzene rings is 1. The van der Waals surface area contributed by atoms with Gasteiger partial charge in [0.2, 0.25) is 10.0 Å². The van der Waals surface area contributed by atoms with E-state index in [-0.39, 0.29) is 21.5 Å². The highest BCUT2D eigenvalue weighted by Crippen LogP contribution is 2.30. The zero-order valence-corrected chi connectivity index (χ0v) is 31.4. The fourth-order valence-corrected chi connectivity index (χ4v) is 5.89. The number of nitrogens with two attached hydrogens (primary N) is 1. The molecule has 52 heavy (non-hydrogen) atoms. The summed E-state index contributed by atoms with van der Waals surface area (Å²) in [5, 5.41) is 12.8. The van der Waals surface area contributed by atoms with Crippen LogP contribution in [-0.4, -0.2) is 72.0 Å². The van der Waals surface area contributed by atoms with Gasteiger partial charge in [0.25, 0.3) is 17.0 Å². The minimum Gasteiger partial charge on any atom is -0.459 e. The molecule has 16 nitrogen and oxygen atoms in total. The van der Waals surface area contributed by atoms with Crippen LogP contribution < -0.4 is 26.6 Å². The molecule has 2 aromatic heterocycles. The van der Waals surface area contributed by atoms with E-state index in [0.29, 0.717) is 0 Å². The van der Waals surface area contributed by atoms with E-state index in [1.165, 1.54) is 42.5 Å². The summed E-state index contributed by atoms with van der Waals surface area (Å²) in [5.74, 6) is -4.86. The molecule has 0 fully saturated rings. The largest absolute Gasteiger partial charge is 0.459 e. The number of rotatable bonds is 11. The van der Waals surface area contributed by atoms with Crippen LogP contribution in [0.1, 0.15) is 78.2 Å². The molecule has 0 spiro atoms. The number of fused-ring (bicyclic) bond motifs is 1. The molecule has 0 aliphatic heterocycles. The molecule has 0 radical (unpaired) electrons. The van der Waals surface area contributed by atoms with Crippen LogP contribution in [0.5, 0.6) is 0 Å². The standard InChI is InChI=1S/C35H46N6O10S/c1-32(2,3)49-28(44)25(40-52(47,48)24-13-11-10-12-14-24)19-38-27(43)21-17-23-16-15-22(20-41(23)26(42)18-21)35(39-31(36)37,29(45)50-33(4,5)6)30(46)51-34(7,8)9/h10-18,20,25,40H,19H2,1-9H3,(H,38,43)(H4,36,37,39)/t25-/m0/s1. The number of esters is 3. The van der Waals surface area contributed by atoms with E-state index in [1.54, 1.807) is 68.4 Å². The molecule has 3 rings (SSSR count). The van der Waals surface area contributed by atoms with Gasteiger partial charge in [-0.05, 0) is 86.6 Å². The quantitative estimate of drug-likeness (QED) is 0.0624. The van der Waals surface area contributed by atoms with E-state index in [2.05, 4.69) is 15.4 Å². The third-order valence-electron chi connectivity index (χ3n) is 6.74. The smallest absolute Gasteiger partial charge is 0.349 e. The minimum absolute atomic E-state index is 0.113. The number of aromatic nitrogens is 1. The van der Waals surface area contributed by atoms with Crippen molar-refractivity contribution in [3.63, 3.8) is 0 Å². The third kappa shape index (κ3) is 10.6. The van der Waals surface area contributed by atoms with Gasteiger partial charge in [-0.25, -0.2) is 18.0 Å². The van der Waals surface area contributed by atoms with Crippen molar-refractivity contribution in [3.8, 4) is 0 Å². The van der Waals surface area contributed by atoms with Crippen LogP contribution in [0.25, 0.3) is 5.52 Å². The average Bonchev–Trinajstić information content (AvgIpc) is 2.99. The molecule has 0 aliphatic rings. The molecule has 2 heterocycles. The lowest BCUT2D eigenvalue weighted by Crippen LogP contribution is -2.62. The van der Waals surface area contributed by atoms with Gasteiger partial charge in [-0.1, -0.05) is 24.3 Å². The second-order valence-corrected chi connectivity index (χ2v) is 16.5. The monoisotopic (exact) mass is 742 g/mol. The maximum atomic E-state index is 13.8. The van der Waals surface area contributed by atoms with Crippen molar-refractivity contribution in [1.82, 2.24) is 19.8 Å². The number of carbonyl (C=O) groups excluding carboxylic acids is 4. The van der Waals surface area contributed by atoms with Crippen molar-refractivity contribution >= 4 is 45.3 Å². The normalized spacial score (nSPS) is 13.1. The van der Waals surface area contributed by atoms with Crippen molar-refractivity contribution in [3.05, 3.63) is 82.3 Å². The van der Waals surface area contributed by atoms with E-state index in [4.69, 9.17) is 25.4 Å². The van der Waals surface area contributed by atoms with Gasteiger partial charge in [-0.15, -0.1) is 0 Å². The van der Waals surface area contributed by atoms with Gasteiger partial charge in [0.1, 0.15) is 22.8 Å². The summed E-state index contributed by atoms with van der Waals surface area (Å²) in [4.78, 5) is 67.2. The number of nitrogens with one attached hydrogen (secondary N) is 4. The molecule has 3 aromatic rings. The van der Waals surface area contributed by atoms with Crippen LogP contribution in [0.2, 0.25) is 0 Å². The summed E-state index contributed by atoms with van der Waals surface area (Å²) in [6, 6.07) is 10.7. The molecule has 0 saturated heterocycles. The lowest BCUT2D eigenvalue weighted by Gasteiger charge is -2.35. The molecule has 0 bridgehead atoms. The minimum atomic E-state index is -4.21. The molecule has 6 N–H and O–H groups in total. The molecule has 17 heteroatoms. The Balaban J connectivity index is 2.03. The topological polar surface area (TPSA) is 238 Å². The molecule has 282 valence electrons. The van der Waals surface area contributed by atoms with Crippen molar-refractivity contribution in [2.45, 2.75) is 95.6 Å². The Morgan fingerprint density at radius 2 is 1.37 bits per heavy atom. The van der Waals surface area contributed by atoms with Crippen molar-refractivity contribution < 1.29 is 41.8 Å². The first-order valence-electron chi connectivity index (χ1n) is 16.1. The fourth-order valence-electron chi connectivity index (χ4n) is 4.68. The Bertz CT molecular complexity index is 2000. The van der Waals surface area contributed by atoms with Crippen LogP contribution >= 0.6 is 0 Å². The highest BCUT2D eigenvalue weighted by atomic mass is 32.2. The second kappa shape index (κ2) is 15.1. The number of pyridine rings is 2. The van der Waals surface area contributed by atoms with Crippen LogP contribution in [0, 0.1) is 5.41 Å². The van der Waals surface area contributed by atoms with Gasteiger partial charge in [-0.2, -0.15) is 4.72 Å². The Labute approximate surface area is 301 Å². The predicted molar refractivity (Wildman–Crippen MR) is 191 cm³/mol. The van der Waals surface area contributed by atoms with Crippen LogP contribution in [0.3, 0.4) is 0 Å². The lowest BCUT2D eigenvalue weighted by molar-refractivity contribution is -0.179. The van der Waals surface area contributed by atoms with Crippen molar-refractivity contribution in [2.75, 3.05) is 6.54 Å². The Morgan fingerprint density at radius 1 is 0.827 bits per heavy atom. The van der Waals surface area contributed by atoms with E-state index in [0.717, 1.165) is 16.7 Å². The number of ether oxygens (including phenoxy) is 3. The van der Waals surface area contributed by atoms with Crippen LogP contribution in [-0.2, 0) is 44.2 Å². The molecule has 1 atom stereocenters. The summed E-state index contributed by atoms with van der Waals surface area (Å²) >= 11 is 0. The number of guanidine groups is 1.